The van der Waals surface area contributed by atoms with Crippen LogP contribution in [-0.2, 0) is 19.9 Å². The minimum atomic E-state index is -4.58. The van der Waals surface area contributed by atoms with Gasteiger partial charge in [-0.3, -0.25) is 0 Å². The van der Waals surface area contributed by atoms with E-state index in [1.54, 1.807) is 13.0 Å². The normalized spacial score (nSPS) is 26.9. The second-order valence-corrected chi connectivity index (χ2v) is 4.72. The van der Waals surface area contributed by atoms with Crippen molar-refractivity contribution in [1.29, 1.82) is 0 Å². The summed E-state index contributed by atoms with van der Waals surface area (Å²) < 4.78 is 50.2. The van der Waals surface area contributed by atoms with Crippen molar-refractivity contribution < 1.29 is 27.4 Å². The number of carbonyl (C=O) groups is 1. The Hall–Kier alpha value is -1.98. The highest BCUT2D eigenvalue weighted by molar-refractivity contribution is 5.82. The molecule has 0 aromatic heterocycles. The van der Waals surface area contributed by atoms with E-state index in [4.69, 9.17) is 4.74 Å². The van der Waals surface area contributed by atoms with Gasteiger partial charge < -0.3 is 9.47 Å². The van der Waals surface area contributed by atoms with E-state index in [0.29, 0.717) is 0 Å². The lowest BCUT2D eigenvalue weighted by Gasteiger charge is -2.50. The van der Waals surface area contributed by atoms with Crippen molar-refractivity contribution in [2.75, 3.05) is 6.61 Å². The molecule has 3 nitrogen and oxygen atoms in total. The van der Waals surface area contributed by atoms with Gasteiger partial charge in [-0.1, -0.05) is 37.3 Å². The highest BCUT2D eigenvalue weighted by atomic mass is 19.4. The van der Waals surface area contributed by atoms with E-state index in [1.165, 1.54) is 31.2 Å². The van der Waals surface area contributed by atoms with Gasteiger partial charge in [-0.05, 0) is 6.92 Å². The van der Waals surface area contributed by atoms with Gasteiger partial charge >= 0.3 is 12.1 Å². The number of ether oxygens (including phenoxy) is 2. The van der Waals surface area contributed by atoms with E-state index in [0.717, 1.165) is 6.08 Å². The quantitative estimate of drug-likeness (QED) is 0.632. The predicted molar refractivity (Wildman–Crippen MR) is 69.1 cm³/mol. The first-order chi connectivity index (χ1) is 9.83. The highest BCUT2D eigenvalue weighted by Gasteiger charge is 2.69. The van der Waals surface area contributed by atoms with Gasteiger partial charge in [-0.15, -0.1) is 0 Å². The number of carbonyl (C=O) groups excluding carboxylic acids is 1. The Bertz CT molecular complexity index is 551. The molecule has 1 fully saturated rings. The van der Waals surface area contributed by atoms with Gasteiger partial charge in [0.1, 0.15) is 5.76 Å². The molecule has 0 N–H and O–H groups in total. The molecule has 1 aliphatic heterocycles. The second kappa shape index (κ2) is 5.42. The van der Waals surface area contributed by atoms with Crippen LogP contribution in [0.25, 0.3) is 0 Å². The first-order valence-electron chi connectivity index (χ1n) is 6.52. The molecule has 1 aromatic rings. The molecule has 0 unspecified atom stereocenters. The molecule has 1 aromatic carbocycles. The zero-order chi connectivity index (χ0) is 15.7. The van der Waals surface area contributed by atoms with Crippen LogP contribution in [0.5, 0.6) is 0 Å². The minimum Gasteiger partial charge on any atom is -0.476 e. The van der Waals surface area contributed by atoms with E-state index < -0.39 is 23.7 Å². The van der Waals surface area contributed by atoms with Crippen molar-refractivity contribution in [3.8, 4) is 0 Å². The Morgan fingerprint density at radius 1 is 1.38 bits per heavy atom. The summed E-state index contributed by atoms with van der Waals surface area (Å²) in [5.41, 5.74) is -2.39. The fourth-order valence-corrected chi connectivity index (χ4v) is 2.42. The Balaban J connectivity index is 2.34. The zero-order valence-electron chi connectivity index (χ0n) is 11.6. The van der Waals surface area contributed by atoms with Crippen molar-refractivity contribution in [3.63, 3.8) is 0 Å². The average molecular weight is 300 g/mol. The van der Waals surface area contributed by atoms with Crippen molar-refractivity contribution in [3.05, 3.63) is 47.7 Å². The summed E-state index contributed by atoms with van der Waals surface area (Å²) in [5.74, 6) is -1.72. The summed E-state index contributed by atoms with van der Waals surface area (Å²) in [5, 5.41) is 0. The molecule has 0 aliphatic carbocycles. The first-order valence-corrected chi connectivity index (χ1v) is 6.52. The van der Waals surface area contributed by atoms with Crippen LogP contribution in [-0.4, -0.2) is 18.8 Å². The number of hydrogen-bond donors (Lipinski definition) is 0. The maximum absolute atomic E-state index is 13.5. The van der Waals surface area contributed by atoms with Crippen LogP contribution in [0.1, 0.15) is 19.4 Å². The van der Waals surface area contributed by atoms with Gasteiger partial charge in [-0.25, -0.2) is 4.79 Å². The fourth-order valence-electron chi connectivity index (χ4n) is 2.42. The molecular weight excluding hydrogens is 285 g/mol. The van der Waals surface area contributed by atoms with Crippen LogP contribution >= 0.6 is 0 Å². The smallest absolute Gasteiger partial charge is 0.433 e. The molecule has 0 bridgehead atoms. The molecule has 21 heavy (non-hydrogen) atoms. The lowest BCUT2D eigenvalue weighted by Crippen LogP contribution is -2.58. The first kappa shape index (κ1) is 15.4. The number of hydrogen-bond acceptors (Lipinski definition) is 3. The highest BCUT2D eigenvalue weighted by Crippen LogP contribution is 2.58. The van der Waals surface area contributed by atoms with Crippen molar-refractivity contribution in [2.24, 2.45) is 5.92 Å². The Kier molecular flexibility index (Phi) is 3.98. The van der Waals surface area contributed by atoms with E-state index in [9.17, 15) is 18.0 Å². The summed E-state index contributed by atoms with van der Waals surface area (Å²) in [4.78, 5) is 11.3. The molecule has 0 spiro atoms. The van der Waals surface area contributed by atoms with Crippen LogP contribution in [0.4, 0.5) is 13.2 Å². The molecule has 0 saturated carbocycles. The third kappa shape index (κ3) is 2.50. The van der Waals surface area contributed by atoms with Crippen LogP contribution in [0.3, 0.4) is 0 Å². The third-order valence-corrected chi connectivity index (χ3v) is 3.49. The van der Waals surface area contributed by atoms with Gasteiger partial charge in [-0.2, -0.15) is 13.2 Å². The van der Waals surface area contributed by atoms with E-state index in [2.05, 4.69) is 4.74 Å². The van der Waals surface area contributed by atoms with Gasteiger partial charge in [0.2, 0.25) is 5.60 Å². The van der Waals surface area contributed by atoms with E-state index in [-0.39, 0.29) is 17.9 Å². The Morgan fingerprint density at radius 2 is 2.00 bits per heavy atom. The standard InChI is InChI=1S/C15H15F3O3/c1-3-20-13(19)9-12-10(2)14(21-12,15(16,17)18)11-7-5-4-6-8-11/h4-10H,3H2,1-2H3/b12-9+/t10-,14+/m0/s1. The molecule has 1 saturated heterocycles. The van der Waals surface area contributed by atoms with Crippen molar-refractivity contribution in [2.45, 2.75) is 25.6 Å². The summed E-state index contributed by atoms with van der Waals surface area (Å²) in [6.45, 7) is 3.15. The third-order valence-electron chi connectivity index (χ3n) is 3.49. The SMILES string of the molecule is CCOC(=O)/C=C1/O[C@](c2ccccc2)(C(F)(F)F)[C@H]1C. The zero-order valence-corrected chi connectivity index (χ0v) is 11.6. The van der Waals surface area contributed by atoms with Gasteiger partial charge in [0.05, 0.1) is 18.6 Å². The topological polar surface area (TPSA) is 35.5 Å². The number of rotatable bonds is 3. The molecule has 2 rings (SSSR count). The molecule has 1 aliphatic rings. The van der Waals surface area contributed by atoms with Crippen LogP contribution < -0.4 is 0 Å². The molecular formula is C15H15F3O3. The monoisotopic (exact) mass is 300 g/mol. The molecule has 6 heteroatoms. The molecule has 0 amide bonds. The number of alkyl halides is 3. The predicted octanol–water partition coefficient (Wildman–Crippen LogP) is 3.56. The number of benzene rings is 1. The molecule has 114 valence electrons. The summed E-state index contributed by atoms with van der Waals surface area (Å²) in [6.07, 6.45) is -3.61. The minimum absolute atomic E-state index is 0.0189. The van der Waals surface area contributed by atoms with Gasteiger partial charge in [0, 0.05) is 5.56 Å². The molecule has 1 heterocycles. The number of halogens is 3. The fraction of sp³-hybridized carbons (Fsp3) is 0.400. The molecule has 0 radical (unpaired) electrons. The van der Waals surface area contributed by atoms with Crippen LogP contribution in [0.15, 0.2) is 42.2 Å². The lowest BCUT2D eigenvalue weighted by atomic mass is 9.75. The summed E-state index contributed by atoms with van der Waals surface area (Å²) >= 11 is 0. The lowest BCUT2D eigenvalue weighted by molar-refractivity contribution is -0.332. The Morgan fingerprint density at radius 3 is 2.48 bits per heavy atom. The molecule has 2 atom stereocenters. The Labute approximate surface area is 120 Å². The van der Waals surface area contributed by atoms with Gasteiger partial charge in [0.25, 0.3) is 0 Å². The van der Waals surface area contributed by atoms with E-state index in [1.807, 2.05) is 0 Å². The van der Waals surface area contributed by atoms with Gasteiger partial charge in [0.15, 0.2) is 0 Å². The summed E-state index contributed by atoms with van der Waals surface area (Å²) in [6, 6.07) is 7.40. The largest absolute Gasteiger partial charge is 0.476 e. The maximum Gasteiger partial charge on any atom is 0.433 e. The summed E-state index contributed by atoms with van der Waals surface area (Å²) in [7, 11) is 0. The van der Waals surface area contributed by atoms with Crippen LogP contribution in [0, 0.1) is 5.92 Å². The van der Waals surface area contributed by atoms with Crippen LogP contribution in [0.2, 0.25) is 0 Å². The number of esters is 1. The van der Waals surface area contributed by atoms with Crippen molar-refractivity contribution >= 4 is 5.97 Å². The average Bonchev–Trinajstić information content (AvgIpc) is 2.42. The van der Waals surface area contributed by atoms with Crippen molar-refractivity contribution in [1.82, 2.24) is 0 Å². The second-order valence-electron chi connectivity index (χ2n) is 4.72. The van der Waals surface area contributed by atoms with E-state index >= 15 is 0 Å². The maximum atomic E-state index is 13.5.